The number of Topliss-reactive ketones (excluding diaryl/α,β-unsaturated/α-hetero) is 1. The highest BCUT2D eigenvalue weighted by molar-refractivity contribution is 6.24. The molecule has 2 heterocycles. The molecule has 3 aromatic rings. The van der Waals surface area contributed by atoms with Crippen molar-refractivity contribution in [2.24, 2.45) is 0 Å². The maximum atomic E-state index is 13.5. The molecule has 3 aliphatic rings. The molecule has 1 aliphatic carbocycles. The molecule has 0 atom stereocenters. The zero-order valence-corrected chi connectivity index (χ0v) is 23.8. The smallest absolute Gasteiger partial charge is 0.335 e. The topological polar surface area (TPSA) is 89.7 Å². The lowest BCUT2D eigenvalue weighted by atomic mass is 9.78. The van der Waals surface area contributed by atoms with E-state index in [2.05, 4.69) is 11.5 Å². The van der Waals surface area contributed by atoms with Crippen LogP contribution in [0.3, 0.4) is 0 Å². The molecule has 6 rings (SSSR count). The third kappa shape index (κ3) is 4.49. The number of rotatable bonds is 7. The SMILES string of the molecule is CCCC[N+]1=C(/C=C2\C(=O)C(/C=C3/C=C(c4ccccc4)Oc4ccccc43)=C2[O-])C(C)(C)c2cc(C(=O)O)ccc21. The lowest BCUT2D eigenvalue weighted by Crippen LogP contribution is -2.34. The van der Waals surface area contributed by atoms with E-state index in [0.717, 1.165) is 46.5 Å². The Morgan fingerprint density at radius 3 is 2.48 bits per heavy atom. The van der Waals surface area contributed by atoms with Gasteiger partial charge in [0.15, 0.2) is 11.5 Å². The normalized spacial score (nSPS) is 18.9. The predicted molar refractivity (Wildman–Crippen MR) is 161 cm³/mol. The number of hydrogen-bond donors (Lipinski definition) is 1. The number of allylic oxidation sites excluding steroid dienone is 6. The molecule has 6 nitrogen and oxygen atoms in total. The van der Waals surface area contributed by atoms with Gasteiger partial charge in [0.25, 0.3) is 0 Å². The number of unbranched alkanes of at least 4 members (excludes halogenated alkanes) is 1. The van der Waals surface area contributed by atoms with Crippen molar-refractivity contribution >= 4 is 34.5 Å². The standard InChI is InChI=1S/C36H31NO5/c1-4-5-17-37-29-16-15-23(35(40)41)19-28(29)36(2,3)32(37)21-27-33(38)26(34(27)39)18-24-20-31(22-11-7-6-8-12-22)42-30-14-10-9-13-25(24)30/h6-16,18-21H,4-5,17H2,1-3H3,(H-,38,39,40,41)/b24-18-. The van der Waals surface area contributed by atoms with Gasteiger partial charge in [-0.15, -0.1) is 0 Å². The fraction of sp³-hybridized carbons (Fsp3) is 0.194. The van der Waals surface area contributed by atoms with Crippen molar-refractivity contribution < 1.29 is 29.1 Å². The third-order valence-corrected chi connectivity index (χ3v) is 8.20. The molecule has 0 unspecified atom stereocenters. The monoisotopic (exact) mass is 557 g/mol. The van der Waals surface area contributed by atoms with E-state index >= 15 is 0 Å². The van der Waals surface area contributed by atoms with Gasteiger partial charge in [-0.3, -0.25) is 4.79 Å². The molecule has 3 aromatic carbocycles. The van der Waals surface area contributed by atoms with Crippen LogP contribution in [0.2, 0.25) is 0 Å². The molecule has 0 radical (unpaired) electrons. The maximum Gasteiger partial charge on any atom is 0.335 e. The van der Waals surface area contributed by atoms with Gasteiger partial charge in [-0.1, -0.05) is 67.6 Å². The minimum absolute atomic E-state index is 0.138. The van der Waals surface area contributed by atoms with Crippen LogP contribution in [0.5, 0.6) is 5.75 Å². The molecule has 210 valence electrons. The van der Waals surface area contributed by atoms with Gasteiger partial charge in [-0.2, -0.15) is 4.58 Å². The molecular formula is C36H31NO5. The molecule has 0 amide bonds. The molecule has 0 aromatic heterocycles. The van der Waals surface area contributed by atoms with E-state index in [1.807, 2.05) is 80.6 Å². The Morgan fingerprint density at radius 1 is 1.02 bits per heavy atom. The second-order valence-electron chi connectivity index (χ2n) is 11.3. The van der Waals surface area contributed by atoms with Gasteiger partial charge >= 0.3 is 5.97 Å². The number of carbonyl (C=O) groups is 2. The Labute approximate surface area is 244 Å². The summed E-state index contributed by atoms with van der Waals surface area (Å²) < 4.78 is 8.27. The van der Waals surface area contributed by atoms with Crippen LogP contribution in [0.4, 0.5) is 5.69 Å². The number of para-hydroxylation sites is 1. The largest absolute Gasteiger partial charge is 0.871 e. The van der Waals surface area contributed by atoms with Crippen molar-refractivity contribution in [3.8, 4) is 5.75 Å². The summed E-state index contributed by atoms with van der Waals surface area (Å²) in [5, 5.41) is 23.1. The molecule has 42 heavy (non-hydrogen) atoms. The van der Waals surface area contributed by atoms with Gasteiger partial charge < -0.3 is 14.9 Å². The van der Waals surface area contributed by atoms with E-state index in [4.69, 9.17) is 4.74 Å². The quantitative estimate of drug-likeness (QED) is 0.276. The van der Waals surface area contributed by atoms with Gasteiger partial charge in [-0.05, 0) is 49.8 Å². The van der Waals surface area contributed by atoms with E-state index < -0.39 is 11.4 Å². The molecule has 1 N–H and O–H groups in total. The van der Waals surface area contributed by atoms with Gasteiger partial charge in [0.2, 0.25) is 5.69 Å². The lowest BCUT2D eigenvalue weighted by molar-refractivity contribution is -0.438. The van der Waals surface area contributed by atoms with E-state index in [1.165, 1.54) is 0 Å². The number of hydrogen-bond acceptors (Lipinski definition) is 4. The van der Waals surface area contributed by atoms with Crippen molar-refractivity contribution in [3.05, 3.63) is 130 Å². The van der Waals surface area contributed by atoms with Crippen molar-refractivity contribution in [2.45, 2.75) is 39.0 Å². The van der Waals surface area contributed by atoms with E-state index in [-0.39, 0.29) is 28.3 Å². The Hall–Kier alpha value is -4.97. The van der Waals surface area contributed by atoms with Crippen LogP contribution in [0.25, 0.3) is 11.3 Å². The first-order chi connectivity index (χ1) is 20.2. The van der Waals surface area contributed by atoms with Gasteiger partial charge in [0, 0.05) is 46.4 Å². The average molecular weight is 558 g/mol. The number of ketones is 1. The highest BCUT2D eigenvalue weighted by atomic mass is 16.5. The second-order valence-corrected chi connectivity index (χ2v) is 11.3. The Kier molecular flexibility index (Phi) is 6.77. The van der Waals surface area contributed by atoms with Crippen LogP contribution in [0, 0.1) is 0 Å². The fourth-order valence-electron chi connectivity index (χ4n) is 5.84. The molecule has 2 aliphatic heterocycles. The van der Waals surface area contributed by atoms with E-state index in [9.17, 15) is 19.8 Å². The molecule has 6 heteroatoms. The van der Waals surface area contributed by atoms with Crippen molar-refractivity contribution in [1.29, 1.82) is 0 Å². The average Bonchev–Trinajstić information content (AvgIpc) is 3.22. The summed E-state index contributed by atoms with van der Waals surface area (Å²) in [6, 6.07) is 22.4. The Bertz CT molecular complexity index is 1800. The molecule has 0 saturated carbocycles. The molecule has 0 saturated heterocycles. The van der Waals surface area contributed by atoms with E-state index in [1.54, 1.807) is 24.3 Å². The summed E-state index contributed by atoms with van der Waals surface area (Å²) in [7, 11) is 0. The first kappa shape index (κ1) is 27.2. The van der Waals surface area contributed by atoms with Gasteiger partial charge in [0.05, 0.1) is 11.0 Å². The first-order valence-corrected chi connectivity index (χ1v) is 14.2. The van der Waals surface area contributed by atoms with Crippen molar-refractivity contribution in [2.75, 3.05) is 6.54 Å². The lowest BCUT2D eigenvalue weighted by Gasteiger charge is -2.30. The van der Waals surface area contributed by atoms with Crippen LogP contribution in [0.1, 0.15) is 60.7 Å². The number of carboxylic acids is 1. The summed E-state index contributed by atoms with van der Waals surface area (Å²) in [5.74, 6) is -0.283. The summed E-state index contributed by atoms with van der Waals surface area (Å²) in [6.45, 7) is 6.81. The number of carbonyl (C=O) groups excluding carboxylic acids is 1. The van der Waals surface area contributed by atoms with Crippen LogP contribution >= 0.6 is 0 Å². The maximum absolute atomic E-state index is 13.5. The van der Waals surface area contributed by atoms with Crippen LogP contribution in [0.15, 0.2) is 108 Å². The summed E-state index contributed by atoms with van der Waals surface area (Å²) >= 11 is 0. The summed E-state index contributed by atoms with van der Waals surface area (Å²) in [5.41, 5.74) is 4.94. The highest BCUT2D eigenvalue weighted by Gasteiger charge is 2.45. The Balaban J connectivity index is 1.42. The van der Waals surface area contributed by atoms with E-state index in [0.29, 0.717) is 18.1 Å². The number of benzene rings is 3. The summed E-state index contributed by atoms with van der Waals surface area (Å²) in [4.78, 5) is 25.2. The third-order valence-electron chi connectivity index (χ3n) is 8.20. The number of nitrogens with zero attached hydrogens (tertiary/aromatic N) is 1. The minimum atomic E-state index is -0.990. The van der Waals surface area contributed by atoms with Gasteiger partial charge in [0.1, 0.15) is 18.1 Å². The fourth-order valence-corrected chi connectivity index (χ4v) is 5.84. The van der Waals surface area contributed by atoms with Crippen molar-refractivity contribution in [1.82, 2.24) is 0 Å². The molecular weight excluding hydrogens is 526 g/mol. The zero-order chi connectivity index (χ0) is 29.6. The number of fused-ring (bicyclic) bond motifs is 2. The van der Waals surface area contributed by atoms with Gasteiger partial charge in [-0.25, -0.2) is 4.79 Å². The van der Waals surface area contributed by atoms with Crippen LogP contribution in [-0.4, -0.2) is 33.7 Å². The molecule has 0 fully saturated rings. The Morgan fingerprint density at radius 2 is 1.76 bits per heavy atom. The second kappa shape index (κ2) is 10.5. The minimum Gasteiger partial charge on any atom is -0.871 e. The predicted octanol–water partition coefficient (Wildman–Crippen LogP) is 6.20. The molecule has 0 spiro atoms. The number of aromatic carboxylic acids is 1. The first-order valence-electron chi connectivity index (χ1n) is 14.2. The number of carboxylic acid groups (broad SMARTS) is 1. The summed E-state index contributed by atoms with van der Waals surface area (Å²) in [6.07, 6.45) is 7.12. The van der Waals surface area contributed by atoms with Crippen molar-refractivity contribution in [3.63, 3.8) is 0 Å². The van der Waals surface area contributed by atoms with Crippen LogP contribution < -0.4 is 9.84 Å². The highest BCUT2D eigenvalue weighted by Crippen LogP contribution is 2.43. The van der Waals surface area contributed by atoms with Crippen LogP contribution in [-0.2, 0) is 10.2 Å². The molecule has 0 bridgehead atoms. The zero-order valence-electron chi connectivity index (χ0n) is 23.8. The number of ether oxygens (including phenoxy) is 1.